The van der Waals surface area contributed by atoms with Crippen molar-refractivity contribution >= 4 is 5.91 Å². The van der Waals surface area contributed by atoms with Gasteiger partial charge in [0.15, 0.2) is 0 Å². The number of nitrogens with one attached hydrogen (secondary N) is 1. The van der Waals surface area contributed by atoms with Gasteiger partial charge in [0.05, 0.1) is 13.0 Å². The lowest BCUT2D eigenvalue weighted by Gasteiger charge is -2.17. The highest BCUT2D eigenvalue weighted by molar-refractivity contribution is 5.76. The molecule has 1 amide bonds. The number of nitrogens with zero attached hydrogens (tertiary/aromatic N) is 1. The first kappa shape index (κ1) is 10.9. The molecular weight excluding hydrogens is 192 g/mol. The summed E-state index contributed by atoms with van der Waals surface area (Å²) in [7, 11) is 0. The quantitative estimate of drug-likeness (QED) is 0.678. The van der Waals surface area contributed by atoms with E-state index in [1.54, 1.807) is 0 Å². The van der Waals surface area contributed by atoms with Crippen LogP contribution in [-0.4, -0.2) is 49.7 Å². The maximum absolute atomic E-state index is 11.8. The SMILES string of the molecule is CCOCCC(=O)N1C[C@@H]2CCN[C@@H]2C1. The lowest BCUT2D eigenvalue weighted by molar-refractivity contribution is -0.131. The Morgan fingerprint density at radius 3 is 3.13 bits per heavy atom. The molecule has 0 bridgehead atoms. The van der Waals surface area contributed by atoms with Crippen LogP contribution in [0.25, 0.3) is 0 Å². The second kappa shape index (κ2) is 4.94. The third-order valence-corrected chi connectivity index (χ3v) is 3.38. The molecule has 0 saturated carbocycles. The molecule has 4 nitrogen and oxygen atoms in total. The summed E-state index contributed by atoms with van der Waals surface area (Å²) in [6.45, 7) is 6.18. The highest BCUT2D eigenvalue weighted by Gasteiger charge is 2.37. The van der Waals surface area contributed by atoms with Gasteiger partial charge in [0.25, 0.3) is 0 Å². The van der Waals surface area contributed by atoms with Gasteiger partial charge in [-0.15, -0.1) is 0 Å². The number of carbonyl (C=O) groups is 1. The Bertz CT molecular complexity index is 221. The van der Waals surface area contributed by atoms with Gasteiger partial charge in [-0.3, -0.25) is 4.79 Å². The average molecular weight is 212 g/mol. The molecule has 2 aliphatic rings. The normalized spacial score (nSPS) is 29.5. The number of carbonyl (C=O) groups excluding carboxylic acids is 1. The summed E-state index contributed by atoms with van der Waals surface area (Å²) in [5.74, 6) is 0.945. The topological polar surface area (TPSA) is 41.6 Å². The van der Waals surface area contributed by atoms with Gasteiger partial charge in [-0.05, 0) is 25.8 Å². The van der Waals surface area contributed by atoms with Crippen molar-refractivity contribution in [2.45, 2.75) is 25.8 Å². The first-order valence-corrected chi connectivity index (χ1v) is 5.90. The predicted molar refractivity (Wildman–Crippen MR) is 57.6 cm³/mol. The minimum atomic E-state index is 0.250. The van der Waals surface area contributed by atoms with Crippen molar-refractivity contribution in [3.63, 3.8) is 0 Å². The van der Waals surface area contributed by atoms with Crippen molar-refractivity contribution in [1.29, 1.82) is 0 Å². The second-order valence-electron chi connectivity index (χ2n) is 4.36. The number of rotatable bonds is 4. The van der Waals surface area contributed by atoms with Crippen LogP contribution in [0.4, 0.5) is 0 Å². The smallest absolute Gasteiger partial charge is 0.224 e. The van der Waals surface area contributed by atoms with Crippen molar-refractivity contribution < 1.29 is 9.53 Å². The minimum absolute atomic E-state index is 0.250. The fourth-order valence-corrected chi connectivity index (χ4v) is 2.51. The van der Waals surface area contributed by atoms with Gasteiger partial charge in [-0.2, -0.15) is 0 Å². The molecule has 4 heteroatoms. The van der Waals surface area contributed by atoms with Crippen LogP contribution in [0.2, 0.25) is 0 Å². The summed E-state index contributed by atoms with van der Waals surface area (Å²) >= 11 is 0. The lowest BCUT2D eigenvalue weighted by atomic mass is 10.1. The number of hydrogen-bond donors (Lipinski definition) is 1. The fraction of sp³-hybridized carbons (Fsp3) is 0.909. The molecule has 0 aromatic carbocycles. The van der Waals surface area contributed by atoms with Crippen LogP contribution in [0.5, 0.6) is 0 Å². The molecule has 0 aromatic heterocycles. The molecule has 2 heterocycles. The van der Waals surface area contributed by atoms with Gasteiger partial charge >= 0.3 is 0 Å². The number of ether oxygens (including phenoxy) is 1. The molecule has 2 rings (SSSR count). The lowest BCUT2D eigenvalue weighted by Crippen LogP contribution is -2.34. The highest BCUT2D eigenvalue weighted by atomic mass is 16.5. The Hall–Kier alpha value is -0.610. The first-order valence-electron chi connectivity index (χ1n) is 5.90. The van der Waals surface area contributed by atoms with Gasteiger partial charge in [-0.25, -0.2) is 0 Å². The maximum atomic E-state index is 11.8. The van der Waals surface area contributed by atoms with Crippen molar-refractivity contribution in [2.75, 3.05) is 32.8 Å². The number of fused-ring (bicyclic) bond motifs is 1. The molecule has 2 aliphatic heterocycles. The molecule has 2 saturated heterocycles. The van der Waals surface area contributed by atoms with Crippen molar-refractivity contribution in [3.05, 3.63) is 0 Å². The largest absolute Gasteiger partial charge is 0.381 e. The van der Waals surface area contributed by atoms with E-state index in [1.807, 2.05) is 11.8 Å². The van der Waals surface area contributed by atoms with Gasteiger partial charge in [0, 0.05) is 25.7 Å². The Labute approximate surface area is 91.0 Å². The van der Waals surface area contributed by atoms with E-state index < -0.39 is 0 Å². The van der Waals surface area contributed by atoms with Crippen LogP contribution in [-0.2, 0) is 9.53 Å². The van der Waals surface area contributed by atoms with E-state index in [1.165, 1.54) is 6.42 Å². The summed E-state index contributed by atoms with van der Waals surface area (Å²) in [5.41, 5.74) is 0. The summed E-state index contributed by atoms with van der Waals surface area (Å²) in [5, 5.41) is 3.45. The summed E-state index contributed by atoms with van der Waals surface area (Å²) in [6, 6.07) is 0.557. The van der Waals surface area contributed by atoms with Gasteiger partial charge in [0.2, 0.25) is 5.91 Å². The maximum Gasteiger partial charge on any atom is 0.224 e. The molecule has 0 radical (unpaired) electrons. The average Bonchev–Trinajstić information content (AvgIpc) is 2.76. The van der Waals surface area contributed by atoms with E-state index in [4.69, 9.17) is 4.74 Å². The van der Waals surface area contributed by atoms with E-state index in [0.717, 1.165) is 19.6 Å². The van der Waals surface area contributed by atoms with Gasteiger partial charge in [0.1, 0.15) is 0 Å². The molecule has 0 spiro atoms. The van der Waals surface area contributed by atoms with Crippen molar-refractivity contribution in [1.82, 2.24) is 10.2 Å². The number of amides is 1. The standard InChI is InChI=1S/C11H20N2O2/c1-2-15-6-4-11(14)13-7-9-3-5-12-10(9)8-13/h9-10,12H,2-8H2,1H3/t9-,10+/m0/s1. The minimum Gasteiger partial charge on any atom is -0.381 e. The van der Waals surface area contributed by atoms with Gasteiger partial charge < -0.3 is 15.0 Å². The summed E-state index contributed by atoms with van der Waals surface area (Å²) in [6.07, 6.45) is 1.76. The third kappa shape index (κ3) is 2.49. The molecule has 2 atom stereocenters. The van der Waals surface area contributed by atoms with E-state index >= 15 is 0 Å². The van der Waals surface area contributed by atoms with Crippen LogP contribution >= 0.6 is 0 Å². The molecule has 0 unspecified atom stereocenters. The van der Waals surface area contributed by atoms with Crippen LogP contribution in [0.1, 0.15) is 19.8 Å². The monoisotopic (exact) mass is 212 g/mol. The summed E-state index contributed by atoms with van der Waals surface area (Å²) in [4.78, 5) is 13.8. The number of likely N-dealkylation sites (tertiary alicyclic amines) is 1. The Kier molecular flexibility index (Phi) is 3.59. The zero-order valence-corrected chi connectivity index (χ0v) is 9.37. The van der Waals surface area contributed by atoms with E-state index in [-0.39, 0.29) is 5.91 Å². The molecule has 2 fully saturated rings. The van der Waals surface area contributed by atoms with Crippen LogP contribution in [0, 0.1) is 5.92 Å². The highest BCUT2D eigenvalue weighted by Crippen LogP contribution is 2.24. The zero-order valence-electron chi connectivity index (χ0n) is 9.37. The molecule has 0 aliphatic carbocycles. The van der Waals surface area contributed by atoms with E-state index in [2.05, 4.69) is 5.32 Å². The summed E-state index contributed by atoms with van der Waals surface area (Å²) < 4.78 is 5.19. The van der Waals surface area contributed by atoms with Crippen LogP contribution in [0.15, 0.2) is 0 Å². The molecule has 15 heavy (non-hydrogen) atoms. The van der Waals surface area contributed by atoms with E-state index in [9.17, 15) is 4.79 Å². The fourth-order valence-electron chi connectivity index (χ4n) is 2.51. The molecular formula is C11H20N2O2. The van der Waals surface area contributed by atoms with Crippen LogP contribution < -0.4 is 5.32 Å². The Balaban J connectivity index is 1.73. The van der Waals surface area contributed by atoms with Crippen molar-refractivity contribution in [3.8, 4) is 0 Å². The zero-order chi connectivity index (χ0) is 10.7. The third-order valence-electron chi connectivity index (χ3n) is 3.38. The molecule has 0 aromatic rings. The van der Waals surface area contributed by atoms with E-state index in [0.29, 0.717) is 31.6 Å². The predicted octanol–water partition coefficient (Wildman–Crippen LogP) is 0.233. The number of hydrogen-bond acceptors (Lipinski definition) is 3. The second-order valence-corrected chi connectivity index (χ2v) is 4.36. The first-order chi connectivity index (χ1) is 7.31. The van der Waals surface area contributed by atoms with Crippen molar-refractivity contribution in [2.24, 2.45) is 5.92 Å². The van der Waals surface area contributed by atoms with Gasteiger partial charge in [-0.1, -0.05) is 0 Å². The Morgan fingerprint density at radius 1 is 1.53 bits per heavy atom. The molecule has 86 valence electrons. The Morgan fingerprint density at radius 2 is 2.40 bits per heavy atom. The van der Waals surface area contributed by atoms with Crippen LogP contribution in [0.3, 0.4) is 0 Å². The molecule has 1 N–H and O–H groups in total.